The molecule has 19 heavy (non-hydrogen) atoms. The number of carbonyl (C=O) groups is 1. The Morgan fingerprint density at radius 3 is 2.89 bits per heavy atom. The van der Waals surface area contributed by atoms with Crippen molar-refractivity contribution >= 4 is 28.0 Å². The van der Waals surface area contributed by atoms with Crippen molar-refractivity contribution in [2.24, 2.45) is 0 Å². The average molecular weight is 325 g/mol. The Balaban J connectivity index is 1.66. The normalized spacial score (nSPS) is 15.1. The van der Waals surface area contributed by atoms with Crippen LogP contribution in [0.1, 0.15) is 18.4 Å². The summed E-state index contributed by atoms with van der Waals surface area (Å²) < 4.78 is 1.07. The third kappa shape index (κ3) is 4.69. The Kier molecular flexibility index (Phi) is 5.42. The Labute approximate surface area is 121 Å². The van der Waals surface area contributed by atoms with E-state index in [1.807, 2.05) is 36.4 Å². The van der Waals surface area contributed by atoms with Gasteiger partial charge in [0.2, 0.25) is 0 Å². The van der Waals surface area contributed by atoms with Gasteiger partial charge in [-0.05, 0) is 30.5 Å². The molecule has 0 aliphatic carbocycles. The van der Waals surface area contributed by atoms with Crippen LogP contribution in [0.3, 0.4) is 0 Å². The van der Waals surface area contributed by atoms with E-state index in [4.69, 9.17) is 4.84 Å². The highest BCUT2D eigenvalue weighted by atomic mass is 79.9. The summed E-state index contributed by atoms with van der Waals surface area (Å²) in [4.78, 5) is 16.7. The van der Waals surface area contributed by atoms with Gasteiger partial charge in [-0.2, -0.15) is 0 Å². The zero-order valence-corrected chi connectivity index (χ0v) is 12.2. The van der Waals surface area contributed by atoms with Crippen molar-refractivity contribution in [3.05, 3.63) is 40.4 Å². The number of nitrogens with one attached hydrogen (secondary N) is 1. The maximum atomic E-state index is 11.6. The molecule has 1 fully saturated rings. The third-order valence-corrected chi connectivity index (χ3v) is 3.28. The number of halogens is 1. The standard InChI is InChI=1S/C14H17BrN2O2/c15-13-7-5-12(6-8-13)4-1-2-9-16-14(18)17-10-3-11-19-17/h1,4-8H,2-3,9-11H2,(H,16,18)/b4-1+. The first kappa shape index (κ1) is 14.1. The van der Waals surface area contributed by atoms with Crippen molar-refractivity contribution in [3.8, 4) is 0 Å². The molecule has 1 aromatic rings. The number of hydroxylamine groups is 2. The zero-order chi connectivity index (χ0) is 13.5. The van der Waals surface area contributed by atoms with Crippen LogP contribution in [-0.2, 0) is 4.84 Å². The molecule has 4 nitrogen and oxygen atoms in total. The molecule has 0 radical (unpaired) electrons. The minimum absolute atomic E-state index is 0.144. The van der Waals surface area contributed by atoms with Gasteiger partial charge in [0.1, 0.15) is 0 Å². The second-order valence-corrected chi connectivity index (χ2v) is 5.18. The third-order valence-electron chi connectivity index (χ3n) is 2.75. The van der Waals surface area contributed by atoms with Gasteiger partial charge in [-0.1, -0.05) is 40.2 Å². The Hall–Kier alpha value is -1.33. The van der Waals surface area contributed by atoms with Gasteiger partial charge in [0.05, 0.1) is 13.2 Å². The largest absolute Gasteiger partial charge is 0.341 e. The molecular weight excluding hydrogens is 308 g/mol. The Morgan fingerprint density at radius 2 is 2.21 bits per heavy atom. The van der Waals surface area contributed by atoms with Crippen LogP contribution in [0.5, 0.6) is 0 Å². The van der Waals surface area contributed by atoms with E-state index >= 15 is 0 Å². The first-order chi connectivity index (χ1) is 9.25. The fourth-order valence-corrected chi connectivity index (χ4v) is 2.02. The zero-order valence-electron chi connectivity index (χ0n) is 10.6. The molecule has 0 spiro atoms. The van der Waals surface area contributed by atoms with Crippen molar-refractivity contribution in [1.29, 1.82) is 0 Å². The summed E-state index contributed by atoms with van der Waals surface area (Å²) in [5, 5.41) is 4.21. The first-order valence-corrected chi connectivity index (χ1v) is 7.15. The predicted octanol–water partition coefficient (Wildman–Crippen LogP) is 3.20. The maximum absolute atomic E-state index is 11.6. The molecular formula is C14H17BrN2O2. The topological polar surface area (TPSA) is 41.6 Å². The van der Waals surface area contributed by atoms with Crippen LogP contribution in [-0.4, -0.2) is 30.8 Å². The highest BCUT2D eigenvalue weighted by Crippen LogP contribution is 2.11. The molecule has 1 saturated heterocycles. The lowest BCUT2D eigenvalue weighted by Crippen LogP contribution is -2.37. The molecule has 0 unspecified atom stereocenters. The molecule has 0 atom stereocenters. The van der Waals surface area contributed by atoms with Crippen LogP contribution in [0, 0.1) is 0 Å². The van der Waals surface area contributed by atoms with E-state index in [0.717, 1.165) is 22.9 Å². The number of benzene rings is 1. The minimum atomic E-state index is -0.144. The summed E-state index contributed by atoms with van der Waals surface area (Å²) >= 11 is 3.40. The van der Waals surface area contributed by atoms with Gasteiger partial charge in [0, 0.05) is 11.0 Å². The van der Waals surface area contributed by atoms with E-state index in [9.17, 15) is 4.79 Å². The van der Waals surface area contributed by atoms with Crippen molar-refractivity contribution in [3.63, 3.8) is 0 Å². The summed E-state index contributed by atoms with van der Waals surface area (Å²) in [6.07, 6.45) is 5.81. The first-order valence-electron chi connectivity index (χ1n) is 6.36. The number of amides is 2. The molecule has 0 bridgehead atoms. The molecule has 1 aliphatic heterocycles. The van der Waals surface area contributed by atoms with Gasteiger partial charge in [-0.25, -0.2) is 9.86 Å². The van der Waals surface area contributed by atoms with Crippen molar-refractivity contribution in [2.75, 3.05) is 19.7 Å². The molecule has 1 heterocycles. The Bertz CT molecular complexity index is 439. The van der Waals surface area contributed by atoms with E-state index in [1.165, 1.54) is 5.06 Å². The van der Waals surface area contributed by atoms with Gasteiger partial charge in [-0.3, -0.25) is 4.84 Å². The summed E-state index contributed by atoms with van der Waals surface area (Å²) in [5.74, 6) is 0. The Morgan fingerprint density at radius 1 is 1.42 bits per heavy atom. The quantitative estimate of drug-likeness (QED) is 0.864. The van der Waals surface area contributed by atoms with Gasteiger partial charge < -0.3 is 5.32 Å². The number of nitrogens with zero attached hydrogens (tertiary/aromatic N) is 1. The summed E-state index contributed by atoms with van der Waals surface area (Å²) in [5.41, 5.74) is 1.15. The van der Waals surface area contributed by atoms with Crippen molar-refractivity contribution < 1.29 is 9.63 Å². The van der Waals surface area contributed by atoms with E-state index in [-0.39, 0.29) is 6.03 Å². The molecule has 1 N–H and O–H groups in total. The van der Waals surface area contributed by atoms with Gasteiger partial charge in [-0.15, -0.1) is 0 Å². The van der Waals surface area contributed by atoms with E-state index in [0.29, 0.717) is 19.7 Å². The number of rotatable bonds is 4. The lowest BCUT2D eigenvalue weighted by molar-refractivity contribution is -0.0661. The van der Waals surface area contributed by atoms with Crippen LogP contribution in [0.2, 0.25) is 0 Å². The highest BCUT2D eigenvalue weighted by molar-refractivity contribution is 9.10. The van der Waals surface area contributed by atoms with E-state index in [2.05, 4.69) is 21.2 Å². The molecule has 1 aliphatic rings. The molecule has 0 aromatic heterocycles. The van der Waals surface area contributed by atoms with Crippen molar-refractivity contribution in [2.45, 2.75) is 12.8 Å². The second-order valence-electron chi connectivity index (χ2n) is 4.26. The summed E-state index contributed by atoms with van der Waals surface area (Å²) in [7, 11) is 0. The number of hydrogen-bond donors (Lipinski definition) is 1. The predicted molar refractivity (Wildman–Crippen MR) is 78.5 cm³/mol. The average Bonchev–Trinajstić information content (AvgIpc) is 2.94. The SMILES string of the molecule is O=C(NCC/C=C/c1ccc(Br)cc1)N1CCCO1. The number of hydrogen-bond acceptors (Lipinski definition) is 2. The molecule has 2 rings (SSSR count). The van der Waals surface area contributed by atoms with Crippen LogP contribution < -0.4 is 5.32 Å². The van der Waals surface area contributed by atoms with E-state index in [1.54, 1.807) is 0 Å². The van der Waals surface area contributed by atoms with E-state index < -0.39 is 0 Å². The smallest absolute Gasteiger partial charge is 0.336 e. The molecule has 102 valence electrons. The lowest BCUT2D eigenvalue weighted by Gasteiger charge is -2.14. The molecule has 0 saturated carbocycles. The molecule has 5 heteroatoms. The van der Waals surface area contributed by atoms with Gasteiger partial charge in [0.25, 0.3) is 0 Å². The number of urea groups is 1. The minimum Gasteiger partial charge on any atom is -0.336 e. The van der Waals surface area contributed by atoms with Gasteiger partial charge >= 0.3 is 6.03 Å². The van der Waals surface area contributed by atoms with Crippen molar-refractivity contribution in [1.82, 2.24) is 10.4 Å². The highest BCUT2D eigenvalue weighted by Gasteiger charge is 2.17. The van der Waals surface area contributed by atoms with Crippen LogP contribution in [0.4, 0.5) is 4.79 Å². The number of carbonyl (C=O) groups excluding carboxylic acids is 1. The fourth-order valence-electron chi connectivity index (χ4n) is 1.75. The van der Waals surface area contributed by atoms with Gasteiger partial charge in [0.15, 0.2) is 0 Å². The lowest BCUT2D eigenvalue weighted by atomic mass is 10.2. The van der Waals surface area contributed by atoms with Crippen LogP contribution >= 0.6 is 15.9 Å². The van der Waals surface area contributed by atoms with Crippen LogP contribution in [0.15, 0.2) is 34.8 Å². The summed E-state index contributed by atoms with van der Waals surface area (Å²) in [6, 6.07) is 7.95. The monoisotopic (exact) mass is 324 g/mol. The summed E-state index contributed by atoms with van der Waals surface area (Å²) in [6.45, 7) is 1.93. The second kappa shape index (κ2) is 7.31. The molecule has 2 amide bonds. The fraction of sp³-hybridized carbons (Fsp3) is 0.357. The maximum Gasteiger partial charge on any atom is 0.341 e. The molecule has 1 aromatic carbocycles. The van der Waals surface area contributed by atoms with Crippen LogP contribution in [0.25, 0.3) is 6.08 Å².